The van der Waals surface area contributed by atoms with Crippen LogP contribution in [0.2, 0.25) is 0 Å². The molecule has 0 aliphatic carbocycles. The number of aromatic nitrogens is 4. The molecular weight excluding hydrogens is 564 g/mol. The highest BCUT2D eigenvalue weighted by atomic mass is 16.3. The number of nitrogens with zero attached hydrogens (tertiary/aromatic N) is 6. The maximum absolute atomic E-state index is 9.83. The van der Waals surface area contributed by atoms with Gasteiger partial charge in [0.15, 0.2) is 11.6 Å². The molecule has 2 unspecified atom stereocenters. The van der Waals surface area contributed by atoms with Crippen molar-refractivity contribution in [3.05, 3.63) is 109 Å². The van der Waals surface area contributed by atoms with E-state index in [1.807, 2.05) is 109 Å². The average Bonchev–Trinajstić information content (AvgIpc) is 3.72. The molecule has 2 saturated heterocycles. The van der Waals surface area contributed by atoms with Crippen molar-refractivity contribution >= 4 is 33.4 Å². The summed E-state index contributed by atoms with van der Waals surface area (Å²) in [4.78, 5) is 23.3. The molecule has 2 atom stereocenters. The number of aliphatic hydroxyl groups excluding tert-OH is 2. The molecule has 2 aliphatic rings. The molecule has 228 valence electrons. The van der Waals surface area contributed by atoms with Crippen LogP contribution in [0.25, 0.3) is 44.6 Å². The molecule has 9 heteroatoms. The van der Waals surface area contributed by atoms with Gasteiger partial charge in [0.1, 0.15) is 11.6 Å². The van der Waals surface area contributed by atoms with Crippen molar-refractivity contribution in [1.29, 1.82) is 0 Å². The molecule has 4 N–H and O–H groups in total. The standard InChI is InChI=1S/2C18H17N3O.H2O/c2*22-14-10-11-21(12-14)18-15-8-4-5-9-16(15)19-17(20-18)13-6-2-1-3-7-13;/h2*1-9,14,22H,10-12H2;1H2. The maximum atomic E-state index is 9.83. The second-order valence-corrected chi connectivity index (χ2v) is 11.3. The van der Waals surface area contributed by atoms with Gasteiger partial charge < -0.3 is 25.5 Å². The zero-order chi connectivity index (χ0) is 29.9. The van der Waals surface area contributed by atoms with E-state index in [2.05, 4.69) is 9.80 Å². The fourth-order valence-electron chi connectivity index (χ4n) is 5.90. The van der Waals surface area contributed by atoms with Crippen molar-refractivity contribution in [2.45, 2.75) is 25.0 Å². The van der Waals surface area contributed by atoms with Crippen LogP contribution in [0.1, 0.15) is 12.8 Å². The lowest BCUT2D eigenvalue weighted by Gasteiger charge is -2.19. The summed E-state index contributed by atoms with van der Waals surface area (Å²) in [5.41, 5.74) is 3.89. The third-order valence-electron chi connectivity index (χ3n) is 8.16. The van der Waals surface area contributed by atoms with Crippen LogP contribution in [0.5, 0.6) is 0 Å². The Morgan fingerprint density at radius 1 is 0.489 bits per heavy atom. The Bertz CT molecular complexity index is 1750. The molecule has 0 amide bonds. The maximum Gasteiger partial charge on any atom is 0.162 e. The fraction of sp³-hybridized carbons (Fsp3) is 0.222. The number of rotatable bonds is 4. The van der Waals surface area contributed by atoms with Gasteiger partial charge in [-0.3, -0.25) is 0 Å². The zero-order valence-electron chi connectivity index (χ0n) is 24.9. The van der Waals surface area contributed by atoms with Crippen molar-refractivity contribution in [3.63, 3.8) is 0 Å². The van der Waals surface area contributed by atoms with Gasteiger partial charge in [0, 0.05) is 48.1 Å². The Balaban J connectivity index is 0.000000155. The van der Waals surface area contributed by atoms with Gasteiger partial charge >= 0.3 is 0 Å². The lowest BCUT2D eigenvalue weighted by Crippen LogP contribution is -2.22. The van der Waals surface area contributed by atoms with Gasteiger partial charge in [-0.05, 0) is 37.1 Å². The minimum absolute atomic E-state index is 0. The first-order valence-corrected chi connectivity index (χ1v) is 15.1. The molecule has 4 aromatic carbocycles. The van der Waals surface area contributed by atoms with E-state index in [0.717, 1.165) is 82.1 Å². The monoisotopic (exact) mass is 600 g/mol. The molecule has 4 heterocycles. The number of anilines is 2. The predicted octanol–water partition coefficient (Wildman–Crippen LogP) is 4.91. The van der Waals surface area contributed by atoms with Gasteiger partial charge in [0.05, 0.1) is 23.2 Å². The molecule has 2 aromatic heterocycles. The second kappa shape index (κ2) is 13.4. The Labute approximate surface area is 261 Å². The number of fused-ring (bicyclic) bond motifs is 2. The van der Waals surface area contributed by atoms with Crippen LogP contribution in [0.15, 0.2) is 109 Å². The molecule has 0 radical (unpaired) electrons. The van der Waals surface area contributed by atoms with Crippen LogP contribution >= 0.6 is 0 Å². The van der Waals surface area contributed by atoms with Gasteiger partial charge in [-0.25, -0.2) is 19.9 Å². The summed E-state index contributed by atoms with van der Waals surface area (Å²) in [5, 5.41) is 21.7. The summed E-state index contributed by atoms with van der Waals surface area (Å²) >= 11 is 0. The van der Waals surface area contributed by atoms with Gasteiger partial charge in [-0.2, -0.15) is 0 Å². The highest BCUT2D eigenvalue weighted by molar-refractivity contribution is 5.92. The molecule has 0 bridgehead atoms. The van der Waals surface area contributed by atoms with Gasteiger partial charge in [0.25, 0.3) is 0 Å². The van der Waals surface area contributed by atoms with Gasteiger partial charge in [0.2, 0.25) is 0 Å². The topological polar surface area (TPSA) is 130 Å². The van der Waals surface area contributed by atoms with Crippen molar-refractivity contribution in [2.75, 3.05) is 36.0 Å². The van der Waals surface area contributed by atoms with Gasteiger partial charge in [-0.15, -0.1) is 0 Å². The highest BCUT2D eigenvalue weighted by Gasteiger charge is 2.25. The summed E-state index contributed by atoms with van der Waals surface area (Å²) in [7, 11) is 0. The molecule has 8 rings (SSSR count). The van der Waals surface area contributed by atoms with E-state index >= 15 is 0 Å². The largest absolute Gasteiger partial charge is 0.412 e. The van der Waals surface area contributed by atoms with E-state index in [1.165, 1.54) is 0 Å². The normalized spacial score (nSPS) is 17.6. The number of hydrogen-bond donors (Lipinski definition) is 2. The predicted molar refractivity (Wildman–Crippen MR) is 179 cm³/mol. The van der Waals surface area contributed by atoms with Crippen LogP contribution in [0.4, 0.5) is 11.6 Å². The Kier molecular flexibility index (Phi) is 8.93. The van der Waals surface area contributed by atoms with Crippen LogP contribution in [0, 0.1) is 0 Å². The molecular formula is C36H36N6O3. The molecule has 2 fully saturated rings. The first kappa shape index (κ1) is 30.1. The van der Waals surface area contributed by atoms with Crippen LogP contribution in [-0.4, -0.2) is 74.0 Å². The summed E-state index contributed by atoms with van der Waals surface area (Å²) < 4.78 is 0. The van der Waals surface area contributed by atoms with Crippen molar-refractivity contribution < 1.29 is 15.7 Å². The third-order valence-corrected chi connectivity index (χ3v) is 8.16. The first-order valence-electron chi connectivity index (χ1n) is 15.1. The first-order chi connectivity index (χ1) is 21.6. The number of β-amino-alcohol motifs (C(OH)–C–C–N with tert-alkyl or cyclic N) is 2. The molecule has 9 nitrogen and oxygen atoms in total. The summed E-state index contributed by atoms with van der Waals surface area (Å²) in [6.07, 6.45) is 1.04. The van der Waals surface area contributed by atoms with Crippen molar-refractivity contribution in [2.24, 2.45) is 0 Å². The minimum atomic E-state index is -0.270. The molecule has 6 aromatic rings. The molecule has 0 saturated carbocycles. The summed E-state index contributed by atoms with van der Waals surface area (Å²) in [6.45, 7) is 2.93. The Morgan fingerprint density at radius 2 is 0.867 bits per heavy atom. The third kappa shape index (κ3) is 6.46. The molecule has 45 heavy (non-hydrogen) atoms. The van der Waals surface area contributed by atoms with Gasteiger partial charge in [-0.1, -0.05) is 84.9 Å². The second-order valence-electron chi connectivity index (χ2n) is 11.3. The number of hydrogen-bond acceptors (Lipinski definition) is 8. The van der Waals surface area contributed by atoms with E-state index in [0.29, 0.717) is 13.1 Å². The number of aliphatic hydroxyl groups is 2. The van der Waals surface area contributed by atoms with E-state index in [1.54, 1.807) is 0 Å². The lowest BCUT2D eigenvalue weighted by atomic mass is 10.2. The Morgan fingerprint density at radius 3 is 1.24 bits per heavy atom. The van der Waals surface area contributed by atoms with E-state index in [4.69, 9.17) is 19.9 Å². The highest BCUT2D eigenvalue weighted by Crippen LogP contribution is 2.31. The van der Waals surface area contributed by atoms with E-state index in [-0.39, 0.29) is 17.7 Å². The van der Waals surface area contributed by atoms with E-state index < -0.39 is 0 Å². The van der Waals surface area contributed by atoms with Crippen molar-refractivity contribution in [3.8, 4) is 22.8 Å². The van der Waals surface area contributed by atoms with Crippen LogP contribution < -0.4 is 9.80 Å². The molecule has 0 spiro atoms. The quantitative estimate of drug-likeness (QED) is 0.292. The number of para-hydroxylation sites is 2. The van der Waals surface area contributed by atoms with Crippen molar-refractivity contribution in [1.82, 2.24) is 19.9 Å². The summed E-state index contributed by atoms with van der Waals surface area (Å²) in [6, 6.07) is 36.1. The molecule has 2 aliphatic heterocycles. The van der Waals surface area contributed by atoms with Crippen LogP contribution in [-0.2, 0) is 0 Å². The zero-order valence-corrected chi connectivity index (χ0v) is 24.9. The minimum Gasteiger partial charge on any atom is -0.412 e. The number of benzene rings is 4. The van der Waals surface area contributed by atoms with E-state index in [9.17, 15) is 10.2 Å². The average molecular weight is 601 g/mol. The fourth-order valence-corrected chi connectivity index (χ4v) is 5.90. The smallest absolute Gasteiger partial charge is 0.162 e. The van der Waals surface area contributed by atoms with Crippen LogP contribution in [0.3, 0.4) is 0 Å². The lowest BCUT2D eigenvalue weighted by molar-refractivity contribution is 0.198. The SMILES string of the molecule is O.OC1CCN(c2nc(-c3ccccc3)nc3ccccc23)C1.OC1CCN(c2nc(-c3ccccc3)nc3ccccc23)C1. The summed E-state index contributed by atoms with van der Waals surface area (Å²) in [5.74, 6) is 3.30. The Hall–Kier alpha value is -4.96.